The summed E-state index contributed by atoms with van der Waals surface area (Å²) >= 11 is 0. The molecule has 4 bridgehead atoms. The maximum atomic E-state index is 6.36. The Hall–Kier alpha value is -6.06. The van der Waals surface area contributed by atoms with Crippen LogP contribution in [0.3, 0.4) is 0 Å². The van der Waals surface area contributed by atoms with E-state index in [4.69, 9.17) is 4.42 Å². The first-order valence-electron chi connectivity index (χ1n) is 20.3. The van der Waals surface area contributed by atoms with Crippen LogP contribution in [0.4, 0.5) is 17.1 Å². The number of hydrogen-bond acceptors (Lipinski definition) is 2. The molecule has 264 valence electrons. The van der Waals surface area contributed by atoms with Gasteiger partial charge in [-0.1, -0.05) is 91.0 Å². The second kappa shape index (κ2) is 11.0. The maximum Gasteiger partial charge on any atom is 0.135 e. The number of para-hydroxylation sites is 3. The minimum atomic E-state index is 0.0927. The molecule has 14 rings (SSSR count). The molecule has 0 amide bonds. The molecule has 0 unspecified atom stereocenters. The van der Waals surface area contributed by atoms with Crippen LogP contribution in [0.5, 0.6) is 0 Å². The maximum absolute atomic E-state index is 6.36. The summed E-state index contributed by atoms with van der Waals surface area (Å²) in [4.78, 5) is 2.51. The fourth-order valence-electron chi connectivity index (χ4n) is 12.5. The van der Waals surface area contributed by atoms with Crippen LogP contribution in [0.2, 0.25) is 0 Å². The third-order valence-corrected chi connectivity index (χ3v) is 14.3. The second-order valence-corrected chi connectivity index (χ2v) is 17.0. The van der Waals surface area contributed by atoms with E-state index < -0.39 is 0 Å². The lowest BCUT2D eigenvalue weighted by Gasteiger charge is -2.61. The molecule has 4 fully saturated rings. The molecular weight excluding hydrogens is 669 g/mol. The Bertz CT molecular complexity index is 2990. The average Bonchev–Trinajstić information content (AvgIpc) is 3.86. The van der Waals surface area contributed by atoms with Gasteiger partial charge in [-0.2, -0.15) is 0 Å². The normalized spacial score (nSPS) is 23.3. The standard InChI is InChI=1S/C52H40N2O/c1-2-10-36(11-3-1)54-48-16-8-5-13-42(48)43-22-19-39(31-49(43)54)53(37-20-23-51-45(29-37)44-14-6-9-17-50(44)55-51)38-18-21-41-40-12-4-7-15-46(40)52(47(41)30-38)34-25-32-24-33(27-34)28-35(52)26-32/h1-23,29-35H,24-28H2. The highest BCUT2D eigenvalue weighted by molar-refractivity contribution is 6.11. The van der Waals surface area contributed by atoms with Crippen molar-refractivity contribution < 1.29 is 4.42 Å². The summed E-state index contributed by atoms with van der Waals surface area (Å²) in [5.74, 6) is 3.23. The summed E-state index contributed by atoms with van der Waals surface area (Å²) < 4.78 is 8.79. The third kappa shape index (κ3) is 4.06. The van der Waals surface area contributed by atoms with E-state index in [1.165, 1.54) is 76.4 Å². The van der Waals surface area contributed by atoms with Gasteiger partial charge in [0.05, 0.1) is 11.0 Å². The summed E-state index contributed by atoms with van der Waals surface area (Å²) in [6.07, 6.45) is 6.96. The minimum Gasteiger partial charge on any atom is -0.456 e. The predicted molar refractivity (Wildman–Crippen MR) is 226 cm³/mol. The van der Waals surface area contributed by atoms with Crippen molar-refractivity contribution in [3.8, 4) is 16.8 Å². The first-order chi connectivity index (χ1) is 27.2. The molecule has 3 heteroatoms. The number of furan rings is 1. The lowest BCUT2D eigenvalue weighted by atomic mass is 9.43. The fraction of sp³-hybridized carbons (Fsp3) is 0.192. The van der Waals surface area contributed by atoms with Gasteiger partial charge in [0.1, 0.15) is 11.2 Å². The van der Waals surface area contributed by atoms with Gasteiger partial charge < -0.3 is 13.9 Å². The van der Waals surface area contributed by atoms with Gasteiger partial charge in [-0.3, -0.25) is 0 Å². The van der Waals surface area contributed by atoms with Gasteiger partial charge in [0.2, 0.25) is 0 Å². The van der Waals surface area contributed by atoms with Crippen LogP contribution >= 0.6 is 0 Å². The molecular formula is C52H40N2O. The summed E-state index contributed by atoms with van der Waals surface area (Å²) in [6.45, 7) is 0. The van der Waals surface area contributed by atoms with Crippen molar-refractivity contribution in [2.24, 2.45) is 23.7 Å². The van der Waals surface area contributed by atoms with Gasteiger partial charge in [0.15, 0.2) is 0 Å². The quantitative estimate of drug-likeness (QED) is 0.181. The van der Waals surface area contributed by atoms with E-state index in [2.05, 4.69) is 167 Å². The predicted octanol–water partition coefficient (Wildman–Crippen LogP) is 13.9. The molecule has 0 N–H and O–H groups in total. The Labute approximate surface area is 320 Å². The van der Waals surface area contributed by atoms with Crippen LogP contribution in [0.15, 0.2) is 162 Å². The van der Waals surface area contributed by atoms with Gasteiger partial charge in [0, 0.05) is 49.7 Å². The fourth-order valence-corrected chi connectivity index (χ4v) is 12.5. The largest absolute Gasteiger partial charge is 0.456 e. The third-order valence-electron chi connectivity index (χ3n) is 14.3. The van der Waals surface area contributed by atoms with Crippen molar-refractivity contribution in [2.45, 2.75) is 37.5 Å². The molecule has 2 heterocycles. The first-order valence-corrected chi connectivity index (χ1v) is 20.3. The van der Waals surface area contributed by atoms with Crippen LogP contribution in [0.1, 0.15) is 43.2 Å². The first kappa shape index (κ1) is 30.3. The monoisotopic (exact) mass is 708 g/mol. The van der Waals surface area contributed by atoms with Crippen molar-refractivity contribution in [3.05, 3.63) is 169 Å². The van der Waals surface area contributed by atoms with E-state index in [-0.39, 0.29) is 5.41 Å². The Kier molecular flexibility index (Phi) is 6.06. The van der Waals surface area contributed by atoms with Crippen molar-refractivity contribution in [1.29, 1.82) is 0 Å². The highest BCUT2D eigenvalue weighted by Gasteiger charge is 2.61. The molecule has 2 aromatic heterocycles. The molecule has 9 aromatic rings. The lowest BCUT2D eigenvalue weighted by Crippen LogP contribution is -2.55. The number of fused-ring (bicyclic) bond motifs is 9. The minimum absolute atomic E-state index is 0.0927. The Morgan fingerprint density at radius 1 is 0.455 bits per heavy atom. The zero-order chi connectivity index (χ0) is 35.8. The molecule has 0 atom stereocenters. The number of benzene rings is 7. The van der Waals surface area contributed by atoms with E-state index in [0.717, 1.165) is 45.1 Å². The van der Waals surface area contributed by atoms with Crippen molar-refractivity contribution >= 4 is 60.8 Å². The number of aromatic nitrogens is 1. The lowest BCUT2D eigenvalue weighted by molar-refractivity contribution is -0.0399. The van der Waals surface area contributed by atoms with Crippen LogP contribution in [-0.2, 0) is 5.41 Å². The molecule has 7 aromatic carbocycles. The Morgan fingerprint density at radius 3 is 1.93 bits per heavy atom. The second-order valence-electron chi connectivity index (χ2n) is 17.0. The van der Waals surface area contributed by atoms with E-state index in [1.807, 2.05) is 0 Å². The smallest absolute Gasteiger partial charge is 0.135 e. The summed E-state index contributed by atoms with van der Waals surface area (Å²) in [7, 11) is 0. The summed E-state index contributed by atoms with van der Waals surface area (Å²) in [5, 5.41) is 4.82. The van der Waals surface area contributed by atoms with Crippen LogP contribution in [-0.4, -0.2) is 4.57 Å². The average molecular weight is 709 g/mol. The van der Waals surface area contributed by atoms with E-state index in [9.17, 15) is 0 Å². The molecule has 5 aliphatic rings. The number of rotatable bonds is 4. The SMILES string of the molecule is c1ccc(-n2c3ccccc3c3ccc(N(c4ccc5c(c4)C4(c6ccccc6-5)C5CC6CC(C5)CC4C6)c4ccc5oc6ccccc6c5c4)cc32)cc1. The molecule has 0 radical (unpaired) electrons. The molecule has 5 aliphatic carbocycles. The van der Waals surface area contributed by atoms with Crippen molar-refractivity contribution in [3.63, 3.8) is 0 Å². The molecule has 4 saturated carbocycles. The van der Waals surface area contributed by atoms with Crippen LogP contribution in [0, 0.1) is 23.7 Å². The van der Waals surface area contributed by atoms with Gasteiger partial charge in [-0.15, -0.1) is 0 Å². The molecule has 0 aliphatic heterocycles. The zero-order valence-electron chi connectivity index (χ0n) is 30.7. The topological polar surface area (TPSA) is 21.3 Å². The number of anilines is 3. The zero-order valence-corrected chi connectivity index (χ0v) is 30.7. The number of nitrogens with zero attached hydrogens (tertiary/aromatic N) is 2. The van der Waals surface area contributed by atoms with E-state index in [0.29, 0.717) is 11.8 Å². The van der Waals surface area contributed by atoms with Gasteiger partial charge in [0.25, 0.3) is 0 Å². The van der Waals surface area contributed by atoms with Gasteiger partial charge in [-0.05, 0) is 145 Å². The molecule has 55 heavy (non-hydrogen) atoms. The Balaban J connectivity index is 1.07. The van der Waals surface area contributed by atoms with Crippen molar-refractivity contribution in [1.82, 2.24) is 4.57 Å². The summed E-state index contributed by atoms with van der Waals surface area (Å²) in [6, 6.07) is 58.8. The number of hydrogen-bond donors (Lipinski definition) is 0. The summed E-state index contributed by atoms with van der Waals surface area (Å²) in [5.41, 5.74) is 15.1. The molecule has 3 nitrogen and oxygen atoms in total. The van der Waals surface area contributed by atoms with Crippen molar-refractivity contribution in [2.75, 3.05) is 4.90 Å². The van der Waals surface area contributed by atoms with Crippen LogP contribution < -0.4 is 4.90 Å². The van der Waals surface area contributed by atoms with Crippen LogP contribution in [0.25, 0.3) is 60.6 Å². The molecule has 1 spiro atoms. The Morgan fingerprint density at radius 2 is 1.07 bits per heavy atom. The van der Waals surface area contributed by atoms with Gasteiger partial charge >= 0.3 is 0 Å². The highest BCUT2D eigenvalue weighted by Crippen LogP contribution is 2.69. The highest BCUT2D eigenvalue weighted by atomic mass is 16.3. The van der Waals surface area contributed by atoms with E-state index in [1.54, 1.807) is 11.1 Å². The van der Waals surface area contributed by atoms with E-state index >= 15 is 0 Å². The molecule has 0 saturated heterocycles. The van der Waals surface area contributed by atoms with Gasteiger partial charge in [-0.25, -0.2) is 0 Å².